The van der Waals surface area contributed by atoms with E-state index in [1.54, 1.807) is 0 Å². The van der Waals surface area contributed by atoms with Gasteiger partial charge in [0.1, 0.15) is 18.2 Å². The van der Waals surface area contributed by atoms with Gasteiger partial charge in [0.15, 0.2) is 0 Å². The molecule has 34 heavy (non-hydrogen) atoms. The van der Waals surface area contributed by atoms with Gasteiger partial charge in [-0.05, 0) is 46.4 Å². The van der Waals surface area contributed by atoms with E-state index in [4.69, 9.17) is 4.74 Å². The van der Waals surface area contributed by atoms with Crippen molar-refractivity contribution in [1.29, 1.82) is 0 Å². The number of nitrogens with zero attached hydrogens (tertiary/aromatic N) is 1. The topological polar surface area (TPSA) is 95.9 Å². The van der Waals surface area contributed by atoms with Gasteiger partial charge in [0, 0.05) is 12.5 Å². The first-order chi connectivity index (χ1) is 16.2. The Morgan fingerprint density at radius 1 is 1.06 bits per heavy atom. The molecule has 178 valence electrons. The molecule has 0 radical (unpaired) electrons. The number of fused-ring (bicyclic) bond motifs is 4. The molecular formula is C27H30N2O5. The average molecular weight is 463 g/mol. The molecule has 2 bridgehead atoms. The van der Waals surface area contributed by atoms with Crippen LogP contribution >= 0.6 is 0 Å². The molecule has 2 N–H and O–H groups in total. The van der Waals surface area contributed by atoms with Crippen LogP contribution in [0.5, 0.6) is 0 Å². The number of rotatable bonds is 6. The number of carboxylic acid groups (broad SMARTS) is 1. The van der Waals surface area contributed by atoms with E-state index in [2.05, 4.69) is 17.4 Å². The molecule has 7 heteroatoms. The van der Waals surface area contributed by atoms with E-state index in [9.17, 15) is 19.5 Å². The first-order valence-electron chi connectivity index (χ1n) is 11.8. The number of carboxylic acids is 1. The van der Waals surface area contributed by atoms with Gasteiger partial charge in [-0.25, -0.2) is 9.59 Å². The van der Waals surface area contributed by atoms with Gasteiger partial charge in [-0.3, -0.25) is 4.79 Å². The molecule has 2 aromatic rings. The number of hydrogen-bond acceptors (Lipinski definition) is 4. The standard InChI is InChI=1S/C27H30N2O5/c1-16(2)22(23(30)29-15-26(3)13-27(29,14-26)24(31)32)28-25(33)34-12-21-19-10-6-4-8-17(19)18-9-5-7-11-20(18)21/h4-11,16,21-22H,12-15H2,1-3H3,(H,28,33)(H,31,32)/t22-,26?,27?/m0/s1. The third-order valence-corrected chi connectivity index (χ3v) is 7.71. The minimum absolute atomic E-state index is 0.0765. The van der Waals surface area contributed by atoms with Crippen LogP contribution in [0.15, 0.2) is 48.5 Å². The second-order valence-corrected chi connectivity index (χ2v) is 10.6. The quantitative estimate of drug-likeness (QED) is 0.676. The zero-order valence-corrected chi connectivity index (χ0v) is 19.7. The first kappa shape index (κ1) is 22.4. The van der Waals surface area contributed by atoms with Crippen molar-refractivity contribution >= 4 is 18.0 Å². The lowest BCUT2D eigenvalue weighted by molar-refractivity contribution is -0.160. The molecule has 1 saturated carbocycles. The molecule has 2 aromatic carbocycles. The number of nitrogens with one attached hydrogen (secondary N) is 1. The number of benzene rings is 2. The van der Waals surface area contributed by atoms with Crippen molar-refractivity contribution in [3.05, 3.63) is 59.7 Å². The monoisotopic (exact) mass is 462 g/mol. The second kappa shape index (κ2) is 7.86. The van der Waals surface area contributed by atoms with Gasteiger partial charge in [-0.15, -0.1) is 0 Å². The highest BCUT2D eigenvalue weighted by Crippen LogP contribution is 2.59. The number of carbonyl (C=O) groups excluding carboxylic acids is 2. The van der Waals surface area contributed by atoms with E-state index in [0.717, 1.165) is 22.3 Å². The summed E-state index contributed by atoms with van der Waals surface area (Å²) in [6, 6.07) is 15.3. The molecule has 2 aliphatic heterocycles. The van der Waals surface area contributed by atoms with Crippen LogP contribution in [-0.4, -0.2) is 52.7 Å². The van der Waals surface area contributed by atoms with Crippen molar-refractivity contribution in [1.82, 2.24) is 10.2 Å². The van der Waals surface area contributed by atoms with Crippen molar-refractivity contribution in [2.45, 2.75) is 51.1 Å². The van der Waals surface area contributed by atoms with E-state index < -0.39 is 23.6 Å². The Morgan fingerprint density at radius 3 is 2.15 bits per heavy atom. The van der Waals surface area contributed by atoms with E-state index in [1.807, 2.05) is 57.2 Å². The average Bonchev–Trinajstić information content (AvgIpc) is 3.39. The Labute approximate surface area is 199 Å². The van der Waals surface area contributed by atoms with E-state index >= 15 is 0 Å². The molecule has 6 rings (SSSR count). The normalized spacial score (nSPS) is 25.4. The van der Waals surface area contributed by atoms with Crippen molar-refractivity contribution in [3.8, 4) is 11.1 Å². The summed E-state index contributed by atoms with van der Waals surface area (Å²) in [6.45, 7) is 6.22. The van der Waals surface area contributed by atoms with Gasteiger partial charge in [0.25, 0.3) is 0 Å². The lowest BCUT2D eigenvalue weighted by atomic mass is 9.63. The molecule has 0 unspecified atom stereocenters. The summed E-state index contributed by atoms with van der Waals surface area (Å²) in [5, 5.41) is 12.5. The fourth-order valence-corrected chi connectivity index (χ4v) is 6.20. The Morgan fingerprint density at radius 2 is 1.62 bits per heavy atom. The van der Waals surface area contributed by atoms with Crippen LogP contribution in [0.3, 0.4) is 0 Å². The highest BCUT2D eigenvalue weighted by molar-refractivity contribution is 5.93. The maximum atomic E-state index is 13.4. The van der Waals surface area contributed by atoms with Crippen LogP contribution in [0.1, 0.15) is 50.7 Å². The first-order valence-corrected chi connectivity index (χ1v) is 11.8. The molecule has 2 heterocycles. The minimum atomic E-state index is -1.15. The van der Waals surface area contributed by atoms with E-state index in [-0.39, 0.29) is 29.8 Å². The summed E-state index contributed by atoms with van der Waals surface area (Å²) in [5.74, 6) is -1.62. The Kier molecular flexibility index (Phi) is 5.19. The van der Waals surface area contributed by atoms with Crippen molar-refractivity contribution < 1.29 is 24.2 Å². The van der Waals surface area contributed by atoms with Crippen LogP contribution in [0.25, 0.3) is 11.1 Å². The highest BCUT2D eigenvalue weighted by Gasteiger charge is 2.69. The van der Waals surface area contributed by atoms with Crippen molar-refractivity contribution in [2.24, 2.45) is 11.3 Å². The molecular weight excluding hydrogens is 432 g/mol. The van der Waals surface area contributed by atoms with Gasteiger partial charge in [-0.2, -0.15) is 0 Å². The minimum Gasteiger partial charge on any atom is -0.479 e. The molecule has 7 nitrogen and oxygen atoms in total. The van der Waals surface area contributed by atoms with E-state index in [0.29, 0.717) is 19.4 Å². The van der Waals surface area contributed by atoms with Gasteiger partial charge >= 0.3 is 12.1 Å². The Balaban J connectivity index is 1.28. The van der Waals surface area contributed by atoms with E-state index in [1.165, 1.54) is 4.90 Å². The molecule has 2 saturated heterocycles. The summed E-state index contributed by atoms with van der Waals surface area (Å²) in [4.78, 5) is 39.6. The van der Waals surface area contributed by atoms with Crippen LogP contribution < -0.4 is 5.32 Å². The molecule has 3 fully saturated rings. The number of aliphatic carboxylic acids is 1. The summed E-state index contributed by atoms with van der Waals surface area (Å²) in [5.41, 5.74) is 3.19. The number of carbonyl (C=O) groups is 3. The Hall–Kier alpha value is -3.35. The van der Waals surface area contributed by atoms with Crippen molar-refractivity contribution in [2.75, 3.05) is 13.2 Å². The lowest BCUT2D eigenvalue weighted by Gasteiger charge is -2.43. The molecule has 2 amide bonds. The predicted octanol–water partition coefficient (Wildman–Crippen LogP) is 4.02. The zero-order chi connectivity index (χ0) is 24.3. The number of amides is 2. The van der Waals surface area contributed by atoms with Crippen LogP contribution in [0.4, 0.5) is 4.79 Å². The SMILES string of the molecule is CC(C)[C@H](NC(=O)OCC1c2ccccc2-c2ccccc21)C(=O)N1CC2(C)CC1(C(=O)O)C2. The molecule has 2 aliphatic carbocycles. The molecule has 0 spiro atoms. The molecule has 1 atom stereocenters. The van der Waals surface area contributed by atoms with Crippen LogP contribution in [0, 0.1) is 11.3 Å². The van der Waals surface area contributed by atoms with Gasteiger partial charge in [0.05, 0.1) is 0 Å². The summed E-state index contributed by atoms with van der Waals surface area (Å²) < 4.78 is 5.63. The summed E-state index contributed by atoms with van der Waals surface area (Å²) in [6.07, 6.45) is 0.240. The third kappa shape index (κ3) is 3.37. The Bertz CT molecular complexity index is 1120. The molecule has 0 aromatic heterocycles. The zero-order valence-electron chi connectivity index (χ0n) is 19.7. The van der Waals surface area contributed by atoms with Gasteiger partial charge in [0.2, 0.25) is 5.91 Å². The van der Waals surface area contributed by atoms with Crippen LogP contribution in [0.2, 0.25) is 0 Å². The smallest absolute Gasteiger partial charge is 0.407 e. The maximum Gasteiger partial charge on any atom is 0.407 e. The number of ether oxygens (including phenoxy) is 1. The highest BCUT2D eigenvalue weighted by atomic mass is 16.5. The number of hydrogen-bond donors (Lipinski definition) is 2. The lowest BCUT2D eigenvalue weighted by Crippen LogP contribution is -2.60. The van der Waals surface area contributed by atoms with Gasteiger partial charge < -0.3 is 20.1 Å². The number of alkyl carbamates (subject to hydrolysis) is 1. The maximum absolute atomic E-state index is 13.4. The summed E-state index contributed by atoms with van der Waals surface area (Å²) >= 11 is 0. The second-order valence-electron chi connectivity index (χ2n) is 10.6. The van der Waals surface area contributed by atoms with Crippen molar-refractivity contribution in [3.63, 3.8) is 0 Å². The largest absolute Gasteiger partial charge is 0.479 e. The molecule has 4 aliphatic rings. The van der Waals surface area contributed by atoms with Crippen LogP contribution in [-0.2, 0) is 14.3 Å². The summed E-state index contributed by atoms with van der Waals surface area (Å²) in [7, 11) is 0. The predicted molar refractivity (Wildman–Crippen MR) is 126 cm³/mol. The van der Waals surface area contributed by atoms with Gasteiger partial charge in [-0.1, -0.05) is 69.3 Å². The third-order valence-electron chi connectivity index (χ3n) is 7.71. The fourth-order valence-electron chi connectivity index (χ4n) is 6.20. The fraction of sp³-hybridized carbons (Fsp3) is 0.444.